The highest BCUT2D eigenvalue weighted by atomic mass is 14.9. The molecule has 0 heterocycles. The zero-order valence-corrected chi connectivity index (χ0v) is 10.9. The summed E-state index contributed by atoms with van der Waals surface area (Å²) in [5.74, 6) is 1.01. The summed E-state index contributed by atoms with van der Waals surface area (Å²) in [5.41, 5.74) is 0.592. The Morgan fingerprint density at radius 3 is 2.38 bits per heavy atom. The first-order valence-electron chi connectivity index (χ1n) is 7.20. The van der Waals surface area contributed by atoms with Crippen molar-refractivity contribution in [3.05, 3.63) is 0 Å². The van der Waals surface area contributed by atoms with Gasteiger partial charge in [0.25, 0.3) is 0 Å². The molecule has 2 aliphatic rings. The standard InChI is InChI=1S/C14H28N2/c1-14(7-3-2-4-8-14)12-16-10-9-15-11-13-5-6-13/h13,15-16H,2-12H2,1H3. The molecule has 0 saturated heterocycles. The van der Waals surface area contributed by atoms with Gasteiger partial charge in [-0.25, -0.2) is 0 Å². The highest BCUT2D eigenvalue weighted by molar-refractivity contribution is 4.80. The highest BCUT2D eigenvalue weighted by Crippen LogP contribution is 2.34. The van der Waals surface area contributed by atoms with Gasteiger partial charge in [-0.3, -0.25) is 0 Å². The van der Waals surface area contributed by atoms with Crippen molar-refractivity contribution in [3.8, 4) is 0 Å². The smallest absolute Gasteiger partial charge is 0.00769 e. The molecular weight excluding hydrogens is 196 g/mol. The van der Waals surface area contributed by atoms with Gasteiger partial charge >= 0.3 is 0 Å². The summed E-state index contributed by atoms with van der Waals surface area (Å²) < 4.78 is 0. The fraction of sp³-hybridized carbons (Fsp3) is 1.00. The molecule has 0 amide bonds. The van der Waals surface area contributed by atoms with Gasteiger partial charge in [-0.2, -0.15) is 0 Å². The summed E-state index contributed by atoms with van der Waals surface area (Å²) >= 11 is 0. The molecule has 2 N–H and O–H groups in total. The molecule has 0 aromatic heterocycles. The van der Waals surface area contributed by atoms with Crippen molar-refractivity contribution < 1.29 is 0 Å². The monoisotopic (exact) mass is 224 g/mol. The van der Waals surface area contributed by atoms with Crippen LogP contribution in [0, 0.1) is 11.3 Å². The first kappa shape index (κ1) is 12.4. The Kier molecular flexibility index (Phi) is 4.66. The predicted octanol–water partition coefficient (Wildman–Crippen LogP) is 2.55. The van der Waals surface area contributed by atoms with Crippen molar-refractivity contribution in [2.75, 3.05) is 26.2 Å². The van der Waals surface area contributed by atoms with Crippen LogP contribution in [0.15, 0.2) is 0 Å². The summed E-state index contributed by atoms with van der Waals surface area (Å²) in [7, 11) is 0. The Balaban J connectivity index is 1.46. The van der Waals surface area contributed by atoms with Gasteiger partial charge in [-0.15, -0.1) is 0 Å². The molecule has 0 aliphatic heterocycles. The summed E-state index contributed by atoms with van der Waals surface area (Å²) in [6.07, 6.45) is 10.1. The van der Waals surface area contributed by atoms with Gasteiger partial charge in [-0.1, -0.05) is 26.2 Å². The molecule has 0 spiro atoms. The van der Waals surface area contributed by atoms with Gasteiger partial charge in [0.1, 0.15) is 0 Å². The second-order valence-corrected chi connectivity index (χ2v) is 6.20. The van der Waals surface area contributed by atoms with Crippen LogP contribution in [-0.4, -0.2) is 26.2 Å². The third-order valence-electron chi connectivity index (χ3n) is 4.22. The minimum absolute atomic E-state index is 0.592. The van der Waals surface area contributed by atoms with Gasteiger partial charge < -0.3 is 10.6 Å². The number of hydrogen-bond acceptors (Lipinski definition) is 2. The number of hydrogen-bond donors (Lipinski definition) is 2. The molecule has 0 atom stereocenters. The minimum Gasteiger partial charge on any atom is -0.315 e. The Morgan fingerprint density at radius 1 is 1.00 bits per heavy atom. The van der Waals surface area contributed by atoms with Gasteiger partial charge in [0, 0.05) is 19.6 Å². The van der Waals surface area contributed by atoms with E-state index < -0.39 is 0 Å². The van der Waals surface area contributed by atoms with E-state index in [0.717, 1.165) is 19.0 Å². The van der Waals surface area contributed by atoms with Crippen LogP contribution < -0.4 is 10.6 Å². The van der Waals surface area contributed by atoms with Gasteiger partial charge in [0.2, 0.25) is 0 Å². The first-order valence-corrected chi connectivity index (χ1v) is 7.20. The molecule has 2 rings (SSSR count). The van der Waals surface area contributed by atoms with E-state index in [1.54, 1.807) is 0 Å². The van der Waals surface area contributed by atoms with E-state index in [9.17, 15) is 0 Å². The average Bonchev–Trinajstić information content (AvgIpc) is 3.08. The summed E-state index contributed by atoms with van der Waals surface area (Å²) in [5, 5.41) is 7.16. The summed E-state index contributed by atoms with van der Waals surface area (Å²) in [6.45, 7) is 7.21. The molecule has 2 saturated carbocycles. The Morgan fingerprint density at radius 2 is 1.69 bits per heavy atom. The molecule has 0 bridgehead atoms. The zero-order valence-electron chi connectivity index (χ0n) is 10.9. The van der Waals surface area contributed by atoms with E-state index in [2.05, 4.69) is 17.6 Å². The van der Waals surface area contributed by atoms with E-state index >= 15 is 0 Å². The topological polar surface area (TPSA) is 24.1 Å². The van der Waals surface area contributed by atoms with E-state index in [0.29, 0.717) is 5.41 Å². The van der Waals surface area contributed by atoms with Crippen molar-refractivity contribution in [3.63, 3.8) is 0 Å². The van der Waals surface area contributed by atoms with E-state index in [1.165, 1.54) is 58.0 Å². The number of nitrogens with one attached hydrogen (secondary N) is 2. The second kappa shape index (κ2) is 6.02. The third-order valence-corrected chi connectivity index (χ3v) is 4.22. The SMILES string of the molecule is CC1(CNCCNCC2CC2)CCCCC1. The lowest BCUT2D eigenvalue weighted by Gasteiger charge is -2.33. The van der Waals surface area contributed by atoms with E-state index in [4.69, 9.17) is 0 Å². The molecule has 16 heavy (non-hydrogen) atoms. The van der Waals surface area contributed by atoms with Crippen molar-refractivity contribution in [2.45, 2.75) is 51.9 Å². The molecule has 0 unspecified atom stereocenters. The highest BCUT2D eigenvalue weighted by Gasteiger charge is 2.25. The van der Waals surface area contributed by atoms with Crippen LogP contribution in [0.2, 0.25) is 0 Å². The van der Waals surface area contributed by atoms with Crippen LogP contribution in [0.3, 0.4) is 0 Å². The summed E-state index contributed by atoms with van der Waals surface area (Å²) in [4.78, 5) is 0. The lowest BCUT2D eigenvalue weighted by molar-refractivity contribution is 0.208. The van der Waals surface area contributed by atoms with Crippen molar-refractivity contribution in [2.24, 2.45) is 11.3 Å². The average molecular weight is 224 g/mol. The minimum atomic E-state index is 0.592. The Hall–Kier alpha value is -0.0800. The molecule has 2 heteroatoms. The van der Waals surface area contributed by atoms with E-state index in [-0.39, 0.29) is 0 Å². The zero-order chi connectivity index (χ0) is 11.3. The van der Waals surface area contributed by atoms with Crippen molar-refractivity contribution in [1.29, 1.82) is 0 Å². The van der Waals surface area contributed by atoms with Gasteiger partial charge in [-0.05, 0) is 43.6 Å². The molecular formula is C14H28N2. The van der Waals surface area contributed by atoms with Crippen molar-refractivity contribution in [1.82, 2.24) is 10.6 Å². The molecule has 2 fully saturated rings. The molecule has 94 valence electrons. The largest absolute Gasteiger partial charge is 0.315 e. The predicted molar refractivity (Wildman–Crippen MR) is 69.7 cm³/mol. The van der Waals surface area contributed by atoms with Crippen LogP contribution in [0.5, 0.6) is 0 Å². The maximum Gasteiger partial charge on any atom is 0.00769 e. The second-order valence-electron chi connectivity index (χ2n) is 6.20. The molecule has 0 radical (unpaired) electrons. The van der Waals surface area contributed by atoms with Gasteiger partial charge in [0.15, 0.2) is 0 Å². The fourth-order valence-corrected chi connectivity index (χ4v) is 2.78. The van der Waals surface area contributed by atoms with E-state index in [1.807, 2.05) is 0 Å². The first-order chi connectivity index (χ1) is 7.79. The lowest BCUT2D eigenvalue weighted by Crippen LogP contribution is -2.37. The summed E-state index contributed by atoms with van der Waals surface area (Å²) in [6, 6.07) is 0. The van der Waals surface area contributed by atoms with Crippen LogP contribution in [0.1, 0.15) is 51.9 Å². The molecule has 0 aromatic rings. The molecule has 0 aromatic carbocycles. The normalized spacial score (nSPS) is 24.6. The van der Waals surface area contributed by atoms with Crippen LogP contribution in [0.25, 0.3) is 0 Å². The quantitative estimate of drug-likeness (QED) is 0.649. The molecule has 2 aliphatic carbocycles. The third kappa shape index (κ3) is 4.42. The van der Waals surface area contributed by atoms with Crippen molar-refractivity contribution >= 4 is 0 Å². The molecule has 2 nitrogen and oxygen atoms in total. The number of rotatable bonds is 7. The Bertz CT molecular complexity index is 193. The maximum absolute atomic E-state index is 3.63. The fourth-order valence-electron chi connectivity index (χ4n) is 2.78. The van der Waals surface area contributed by atoms with Crippen LogP contribution in [-0.2, 0) is 0 Å². The Labute approximate surface area is 101 Å². The van der Waals surface area contributed by atoms with Crippen LogP contribution >= 0.6 is 0 Å². The maximum atomic E-state index is 3.63. The van der Waals surface area contributed by atoms with Crippen LogP contribution in [0.4, 0.5) is 0 Å². The van der Waals surface area contributed by atoms with Gasteiger partial charge in [0.05, 0.1) is 0 Å². The lowest BCUT2D eigenvalue weighted by atomic mass is 9.76.